The van der Waals surface area contributed by atoms with E-state index in [1.165, 1.54) is 0 Å². The van der Waals surface area contributed by atoms with Crippen LogP contribution in [0.15, 0.2) is 54.0 Å². The third kappa shape index (κ3) is 4.19. The highest BCUT2D eigenvalue weighted by Crippen LogP contribution is 2.04. The van der Waals surface area contributed by atoms with Crippen molar-refractivity contribution in [1.82, 2.24) is 0 Å². The van der Waals surface area contributed by atoms with Crippen molar-refractivity contribution in [2.24, 2.45) is 0 Å². The van der Waals surface area contributed by atoms with Gasteiger partial charge in [-0.15, -0.1) is 0 Å². The predicted molar refractivity (Wildman–Crippen MR) is 62.2 cm³/mol. The van der Waals surface area contributed by atoms with Crippen molar-refractivity contribution in [3.05, 3.63) is 59.5 Å². The van der Waals surface area contributed by atoms with E-state index in [0.717, 1.165) is 11.1 Å². The van der Waals surface area contributed by atoms with Crippen LogP contribution in [-0.2, 0) is 16.6 Å². The zero-order valence-corrected chi connectivity index (χ0v) is 9.09. The summed E-state index contributed by atoms with van der Waals surface area (Å²) in [5.41, 5.74) is 2.02. The summed E-state index contributed by atoms with van der Waals surface area (Å²) in [6.45, 7) is 5.60. The molecule has 0 fully saturated rings. The standard InChI is InChI=1S/C12H14OS/c1-11(2)8-9-14(13)10-12-6-4-3-5-7-12/h3-9H,1,10H2,2H3/b9-8+. The normalized spacial score (nSPS) is 12.9. The zero-order valence-electron chi connectivity index (χ0n) is 8.27. The van der Waals surface area contributed by atoms with Gasteiger partial charge in [-0.25, -0.2) is 0 Å². The Morgan fingerprint density at radius 2 is 2.07 bits per heavy atom. The first-order chi connectivity index (χ1) is 6.68. The van der Waals surface area contributed by atoms with Gasteiger partial charge >= 0.3 is 0 Å². The van der Waals surface area contributed by atoms with Crippen LogP contribution in [0.1, 0.15) is 12.5 Å². The smallest absolute Gasteiger partial charge is 0.0526 e. The average molecular weight is 206 g/mol. The van der Waals surface area contributed by atoms with E-state index in [0.29, 0.717) is 5.75 Å². The van der Waals surface area contributed by atoms with E-state index in [1.807, 2.05) is 37.3 Å². The minimum Gasteiger partial charge on any atom is -0.255 e. The molecule has 0 aliphatic rings. The molecule has 0 heterocycles. The van der Waals surface area contributed by atoms with Crippen LogP contribution in [0.25, 0.3) is 0 Å². The van der Waals surface area contributed by atoms with Gasteiger partial charge in [0.25, 0.3) is 0 Å². The van der Waals surface area contributed by atoms with Gasteiger partial charge in [-0.1, -0.05) is 48.6 Å². The largest absolute Gasteiger partial charge is 0.255 e. The van der Waals surface area contributed by atoms with Crippen molar-refractivity contribution in [2.45, 2.75) is 12.7 Å². The Morgan fingerprint density at radius 3 is 2.64 bits per heavy atom. The Kier molecular flexibility index (Phi) is 4.33. The fraction of sp³-hybridized carbons (Fsp3) is 0.167. The zero-order chi connectivity index (χ0) is 10.4. The number of rotatable bonds is 4. The Labute approximate surface area is 87.6 Å². The number of allylic oxidation sites excluding steroid dienone is 2. The van der Waals surface area contributed by atoms with Crippen LogP contribution in [0.5, 0.6) is 0 Å². The monoisotopic (exact) mass is 206 g/mol. The van der Waals surface area contributed by atoms with Gasteiger partial charge in [0, 0.05) is 5.41 Å². The summed E-state index contributed by atoms with van der Waals surface area (Å²) in [4.78, 5) is 0. The summed E-state index contributed by atoms with van der Waals surface area (Å²) in [5.74, 6) is 0.574. The van der Waals surface area contributed by atoms with Gasteiger partial charge in [0.1, 0.15) is 0 Å². The molecule has 0 aliphatic heterocycles. The Morgan fingerprint density at radius 1 is 1.43 bits per heavy atom. The Balaban J connectivity index is 2.54. The lowest BCUT2D eigenvalue weighted by molar-refractivity contribution is 0.688. The fourth-order valence-electron chi connectivity index (χ4n) is 0.979. The molecule has 1 aromatic rings. The van der Waals surface area contributed by atoms with Crippen LogP contribution < -0.4 is 0 Å². The summed E-state index contributed by atoms with van der Waals surface area (Å²) in [5, 5.41) is 1.69. The van der Waals surface area contributed by atoms with Crippen LogP contribution in [0.2, 0.25) is 0 Å². The molecule has 0 radical (unpaired) electrons. The van der Waals surface area contributed by atoms with Gasteiger partial charge < -0.3 is 0 Å². The summed E-state index contributed by atoms with van der Waals surface area (Å²) < 4.78 is 11.5. The molecule has 1 atom stereocenters. The molecule has 0 N–H and O–H groups in total. The van der Waals surface area contributed by atoms with E-state index >= 15 is 0 Å². The Hall–Kier alpha value is -1.15. The fourth-order valence-corrected chi connectivity index (χ4v) is 1.98. The number of hydrogen-bond donors (Lipinski definition) is 0. The molecule has 0 spiro atoms. The maximum atomic E-state index is 11.5. The molecule has 0 saturated carbocycles. The maximum absolute atomic E-state index is 11.5. The highest BCUT2D eigenvalue weighted by atomic mass is 32.2. The van der Waals surface area contributed by atoms with Gasteiger partial charge in [-0.3, -0.25) is 4.21 Å². The third-order valence-corrected chi connectivity index (χ3v) is 2.71. The van der Waals surface area contributed by atoms with Crippen molar-refractivity contribution in [3.63, 3.8) is 0 Å². The molecule has 74 valence electrons. The van der Waals surface area contributed by atoms with E-state index < -0.39 is 10.8 Å². The summed E-state index contributed by atoms with van der Waals surface area (Å²) in [7, 11) is -0.933. The van der Waals surface area contributed by atoms with Gasteiger partial charge in [-0.05, 0) is 12.5 Å². The highest BCUT2D eigenvalue weighted by Gasteiger charge is 1.95. The SMILES string of the molecule is C=C(C)/C=C/S(=O)Cc1ccccc1. The molecular formula is C12H14OS. The molecular weight excluding hydrogens is 192 g/mol. The van der Waals surface area contributed by atoms with Crippen LogP contribution in [0.4, 0.5) is 0 Å². The maximum Gasteiger partial charge on any atom is 0.0526 e. The van der Waals surface area contributed by atoms with Gasteiger partial charge in [-0.2, -0.15) is 0 Å². The minimum atomic E-state index is -0.933. The highest BCUT2D eigenvalue weighted by molar-refractivity contribution is 7.87. The van der Waals surface area contributed by atoms with Crippen molar-refractivity contribution in [2.75, 3.05) is 0 Å². The minimum absolute atomic E-state index is 0.574. The van der Waals surface area contributed by atoms with Crippen LogP contribution in [0, 0.1) is 0 Å². The van der Waals surface area contributed by atoms with Crippen molar-refractivity contribution < 1.29 is 4.21 Å². The molecule has 0 amide bonds. The lowest BCUT2D eigenvalue weighted by atomic mass is 10.2. The van der Waals surface area contributed by atoms with Crippen molar-refractivity contribution in [1.29, 1.82) is 0 Å². The van der Waals surface area contributed by atoms with E-state index in [9.17, 15) is 4.21 Å². The summed E-state index contributed by atoms with van der Waals surface area (Å²) in [6.07, 6.45) is 1.79. The molecule has 0 aromatic heterocycles. The first-order valence-corrected chi connectivity index (χ1v) is 5.81. The second-order valence-electron chi connectivity index (χ2n) is 3.16. The topological polar surface area (TPSA) is 17.1 Å². The first kappa shape index (κ1) is 10.9. The van der Waals surface area contributed by atoms with Crippen molar-refractivity contribution >= 4 is 10.8 Å². The quantitative estimate of drug-likeness (QED) is 0.692. The molecule has 0 bridgehead atoms. The van der Waals surface area contributed by atoms with E-state index in [-0.39, 0.29) is 0 Å². The van der Waals surface area contributed by atoms with Crippen LogP contribution >= 0.6 is 0 Å². The van der Waals surface area contributed by atoms with Crippen molar-refractivity contribution in [3.8, 4) is 0 Å². The summed E-state index contributed by atoms with van der Waals surface area (Å²) >= 11 is 0. The van der Waals surface area contributed by atoms with Gasteiger partial charge in [0.15, 0.2) is 0 Å². The first-order valence-electron chi connectivity index (χ1n) is 4.43. The van der Waals surface area contributed by atoms with Crippen LogP contribution in [-0.4, -0.2) is 4.21 Å². The summed E-state index contributed by atoms with van der Waals surface area (Å²) in [6, 6.07) is 9.82. The van der Waals surface area contributed by atoms with Crippen LogP contribution in [0.3, 0.4) is 0 Å². The van der Waals surface area contributed by atoms with E-state index in [1.54, 1.807) is 11.5 Å². The molecule has 2 heteroatoms. The number of hydrogen-bond acceptors (Lipinski definition) is 1. The molecule has 14 heavy (non-hydrogen) atoms. The molecule has 1 nitrogen and oxygen atoms in total. The van der Waals surface area contributed by atoms with E-state index in [2.05, 4.69) is 6.58 Å². The second-order valence-corrected chi connectivity index (χ2v) is 4.48. The molecule has 1 aromatic carbocycles. The Bertz CT molecular complexity index is 352. The second kappa shape index (κ2) is 5.55. The van der Waals surface area contributed by atoms with Gasteiger partial charge in [0.05, 0.1) is 16.6 Å². The predicted octanol–water partition coefficient (Wildman–Crippen LogP) is 3.03. The van der Waals surface area contributed by atoms with E-state index in [4.69, 9.17) is 0 Å². The lowest BCUT2D eigenvalue weighted by Gasteiger charge is -1.96. The molecule has 1 rings (SSSR count). The molecule has 0 aliphatic carbocycles. The number of benzene rings is 1. The molecule has 1 unspecified atom stereocenters. The van der Waals surface area contributed by atoms with Gasteiger partial charge in [0.2, 0.25) is 0 Å². The molecule has 0 saturated heterocycles. The third-order valence-electron chi connectivity index (χ3n) is 1.66. The average Bonchev–Trinajstić information content (AvgIpc) is 2.16. The lowest BCUT2D eigenvalue weighted by Crippen LogP contribution is -1.90.